The molecule has 0 amide bonds. The molecule has 3 aromatic rings. The Morgan fingerprint density at radius 1 is 0.967 bits per heavy atom. The van der Waals surface area contributed by atoms with Crippen LogP contribution in [0.3, 0.4) is 0 Å². The third kappa shape index (κ3) is 5.39. The Bertz CT molecular complexity index is 1050. The van der Waals surface area contributed by atoms with Gasteiger partial charge in [-0.2, -0.15) is 5.26 Å². The van der Waals surface area contributed by atoms with Crippen LogP contribution in [-0.4, -0.2) is 13.7 Å². The zero-order chi connectivity index (χ0) is 21.3. The number of allylic oxidation sites excluding steroid dienone is 1. The number of halogens is 1. The molecular formula is C25H22FNO3. The van der Waals surface area contributed by atoms with E-state index in [9.17, 15) is 9.65 Å². The molecule has 0 fully saturated rings. The number of methoxy groups -OCH3 is 1. The molecule has 0 spiro atoms. The lowest BCUT2D eigenvalue weighted by atomic mass is 10.0. The van der Waals surface area contributed by atoms with Crippen molar-refractivity contribution in [3.8, 4) is 23.3 Å². The Morgan fingerprint density at radius 2 is 1.70 bits per heavy atom. The molecule has 3 rings (SSSR count). The largest absolute Gasteiger partial charge is 0.497 e. The molecule has 0 aromatic heterocycles. The van der Waals surface area contributed by atoms with Crippen molar-refractivity contribution in [2.24, 2.45) is 0 Å². The summed E-state index contributed by atoms with van der Waals surface area (Å²) in [5.74, 6) is 1.62. The van der Waals surface area contributed by atoms with E-state index in [1.165, 1.54) is 12.1 Å². The Kier molecular flexibility index (Phi) is 7.07. The molecule has 0 heterocycles. The molecule has 0 saturated heterocycles. The summed E-state index contributed by atoms with van der Waals surface area (Å²) >= 11 is 0. The van der Waals surface area contributed by atoms with Crippen LogP contribution in [-0.2, 0) is 6.61 Å². The first-order chi connectivity index (χ1) is 14.6. The lowest BCUT2D eigenvalue weighted by Crippen LogP contribution is -2.00. The highest BCUT2D eigenvalue weighted by atomic mass is 19.1. The van der Waals surface area contributed by atoms with Gasteiger partial charge in [-0.3, -0.25) is 0 Å². The second-order valence-electron chi connectivity index (χ2n) is 6.45. The van der Waals surface area contributed by atoms with Crippen molar-refractivity contribution in [1.82, 2.24) is 0 Å². The minimum Gasteiger partial charge on any atom is -0.497 e. The predicted molar refractivity (Wildman–Crippen MR) is 115 cm³/mol. The number of nitriles is 1. The monoisotopic (exact) mass is 403 g/mol. The number of nitrogens with zero attached hydrogens (tertiary/aromatic N) is 1. The predicted octanol–water partition coefficient (Wildman–Crippen LogP) is 5.88. The number of rotatable bonds is 8. The van der Waals surface area contributed by atoms with Crippen molar-refractivity contribution in [2.45, 2.75) is 13.5 Å². The highest BCUT2D eigenvalue weighted by Gasteiger charge is 2.08. The van der Waals surface area contributed by atoms with Crippen LogP contribution in [0.25, 0.3) is 11.6 Å². The average molecular weight is 403 g/mol. The summed E-state index contributed by atoms with van der Waals surface area (Å²) in [6, 6.07) is 21.2. The Hall–Kier alpha value is -3.78. The molecule has 0 atom stereocenters. The first kappa shape index (κ1) is 20.9. The summed E-state index contributed by atoms with van der Waals surface area (Å²) in [7, 11) is 1.60. The average Bonchev–Trinajstić information content (AvgIpc) is 2.78. The van der Waals surface area contributed by atoms with Gasteiger partial charge in [-0.05, 0) is 78.2 Å². The van der Waals surface area contributed by atoms with Crippen LogP contribution in [0, 0.1) is 17.1 Å². The molecular weight excluding hydrogens is 381 g/mol. The molecule has 5 heteroatoms. The minimum atomic E-state index is -0.282. The minimum absolute atomic E-state index is 0.282. The first-order valence-electron chi connectivity index (χ1n) is 9.53. The molecule has 0 unspecified atom stereocenters. The molecule has 0 saturated carbocycles. The maximum absolute atomic E-state index is 13.1. The van der Waals surface area contributed by atoms with Gasteiger partial charge in [0.2, 0.25) is 0 Å². The van der Waals surface area contributed by atoms with E-state index in [1.807, 2.05) is 49.4 Å². The molecule has 152 valence electrons. The van der Waals surface area contributed by atoms with Crippen molar-refractivity contribution < 1.29 is 18.6 Å². The summed E-state index contributed by atoms with van der Waals surface area (Å²) in [4.78, 5) is 0. The molecule has 0 aliphatic rings. The first-order valence-corrected chi connectivity index (χ1v) is 9.53. The topological polar surface area (TPSA) is 51.5 Å². The number of hydrogen-bond donors (Lipinski definition) is 0. The Morgan fingerprint density at radius 3 is 2.33 bits per heavy atom. The van der Waals surface area contributed by atoms with E-state index in [-0.39, 0.29) is 5.82 Å². The number of ether oxygens (including phenoxy) is 3. The van der Waals surface area contributed by atoms with Gasteiger partial charge in [-0.1, -0.05) is 18.2 Å². The van der Waals surface area contributed by atoms with Gasteiger partial charge in [0, 0.05) is 0 Å². The van der Waals surface area contributed by atoms with Gasteiger partial charge in [0.05, 0.1) is 25.4 Å². The number of hydrogen-bond acceptors (Lipinski definition) is 4. The van der Waals surface area contributed by atoms with E-state index in [2.05, 4.69) is 6.07 Å². The van der Waals surface area contributed by atoms with Crippen LogP contribution in [0.4, 0.5) is 4.39 Å². The van der Waals surface area contributed by atoms with Crippen LogP contribution >= 0.6 is 0 Å². The molecule has 0 aliphatic carbocycles. The van der Waals surface area contributed by atoms with E-state index >= 15 is 0 Å². The third-order valence-corrected chi connectivity index (χ3v) is 4.41. The molecule has 30 heavy (non-hydrogen) atoms. The van der Waals surface area contributed by atoms with E-state index in [1.54, 1.807) is 25.3 Å². The van der Waals surface area contributed by atoms with Gasteiger partial charge in [0.25, 0.3) is 0 Å². The Labute approximate surface area is 175 Å². The number of benzene rings is 3. The van der Waals surface area contributed by atoms with Gasteiger partial charge in [-0.15, -0.1) is 0 Å². The van der Waals surface area contributed by atoms with E-state index < -0.39 is 0 Å². The van der Waals surface area contributed by atoms with Gasteiger partial charge in [0.15, 0.2) is 11.5 Å². The maximum atomic E-state index is 13.1. The standard InChI is InChI=1S/C25H22FNO3/c1-3-29-25-15-19(14-21(16-27)20-7-11-23(28-2)12-8-20)6-13-24(25)30-17-18-4-9-22(26)10-5-18/h4-15H,3,17H2,1-2H3/b21-14+. The molecule has 4 nitrogen and oxygen atoms in total. The summed E-state index contributed by atoms with van der Waals surface area (Å²) in [6.07, 6.45) is 1.80. The smallest absolute Gasteiger partial charge is 0.161 e. The van der Waals surface area contributed by atoms with E-state index in [0.717, 1.165) is 22.4 Å². The highest BCUT2D eigenvalue weighted by molar-refractivity contribution is 5.90. The van der Waals surface area contributed by atoms with Crippen LogP contribution in [0.1, 0.15) is 23.6 Å². The van der Waals surface area contributed by atoms with E-state index in [0.29, 0.717) is 30.3 Å². The lowest BCUT2D eigenvalue weighted by Gasteiger charge is -2.13. The summed E-state index contributed by atoms with van der Waals surface area (Å²) in [5.41, 5.74) is 3.00. The SMILES string of the molecule is CCOc1cc(/C=C(\C#N)c2ccc(OC)cc2)ccc1OCc1ccc(F)cc1. The van der Waals surface area contributed by atoms with E-state index in [4.69, 9.17) is 14.2 Å². The summed E-state index contributed by atoms with van der Waals surface area (Å²) in [6.45, 7) is 2.67. The Balaban J connectivity index is 1.82. The molecule has 0 N–H and O–H groups in total. The van der Waals surface area contributed by atoms with Crippen molar-refractivity contribution in [1.29, 1.82) is 5.26 Å². The zero-order valence-electron chi connectivity index (χ0n) is 16.9. The van der Waals surface area contributed by atoms with Gasteiger partial charge < -0.3 is 14.2 Å². The second kappa shape index (κ2) is 10.1. The van der Waals surface area contributed by atoms with Crippen molar-refractivity contribution in [3.63, 3.8) is 0 Å². The zero-order valence-corrected chi connectivity index (χ0v) is 16.9. The fraction of sp³-hybridized carbons (Fsp3) is 0.160. The molecule has 0 bridgehead atoms. The fourth-order valence-corrected chi connectivity index (χ4v) is 2.86. The lowest BCUT2D eigenvalue weighted by molar-refractivity contribution is 0.269. The van der Waals surface area contributed by atoms with Gasteiger partial charge in [-0.25, -0.2) is 4.39 Å². The molecule has 0 radical (unpaired) electrons. The van der Waals surface area contributed by atoms with Crippen LogP contribution in [0.5, 0.6) is 17.2 Å². The third-order valence-electron chi connectivity index (χ3n) is 4.41. The van der Waals surface area contributed by atoms with Crippen LogP contribution in [0.15, 0.2) is 66.7 Å². The quantitative estimate of drug-likeness (QED) is 0.348. The second-order valence-corrected chi connectivity index (χ2v) is 6.45. The highest BCUT2D eigenvalue weighted by Crippen LogP contribution is 2.31. The van der Waals surface area contributed by atoms with Crippen molar-refractivity contribution >= 4 is 11.6 Å². The maximum Gasteiger partial charge on any atom is 0.161 e. The van der Waals surface area contributed by atoms with Crippen molar-refractivity contribution in [3.05, 3.63) is 89.2 Å². The van der Waals surface area contributed by atoms with Crippen molar-refractivity contribution in [2.75, 3.05) is 13.7 Å². The summed E-state index contributed by atoms with van der Waals surface area (Å²) in [5, 5.41) is 9.59. The van der Waals surface area contributed by atoms with Crippen LogP contribution < -0.4 is 14.2 Å². The fourth-order valence-electron chi connectivity index (χ4n) is 2.86. The molecule has 0 aliphatic heterocycles. The normalized spacial score (nSPS) is 10.9. The van der Waals surface area contributed by atoms with Crippen LogP contribution in [0.2, 0.25) is 0 Å². The summed E-state index contributed by atoms with van der Waals surface area (Å²) < 4.78 is 29.8. The van der Waals surface area contributed by atoms with Gasteiger partial charge >= 0.3 is 0 Å². The molecule has 3 aromatic carbocycles. The van der Waals surface area contributed by atoms with Gasteiger partial charge in [0.1, 0.15) is 18.2 Å².